The summed E-state index contributed by atoms with van der Waals surface area (Å²) in [7, 11) is -0.796. The summed E-state index contributed by atoms with van der Waals surface area (Å²) in [5, 5.41) is 2.87. The molecule has 0 unspecified atom stereocenters. The highest BCUT2D eigenvalue weighted by Gasteiger charge is 2.24. The number of nitrogens with zero attached hydrogens (tertiary/aromatic N) is 2. The first-order valence-corrected chi connectivity index (χ1v) is 12.0. The molecule has 2 aromatic rings. The Hall–Kier alpha value is -2.38. The molecule has 0 aliphatic carbocycles. The van der Waals surface area contributed by atoms with Gasteiger partial charge in [0.2, 0.25) is 10.0 Å². The summed E-state index contributed by atoms with van der Waals surface area (Å²) in [4.78, 5) is 29.0. The highest BCUT2D eigenvalue weighted by molar-refractivity contribution is 7.89. The van der Waals surface area contributed by atoms with Gasteiger partial charge in [-0.1, -0.05) is 11.3 Å². The Bertz CT molecular complexity index is 1010. The lowest BCUT2D eigenvalue weighted by atomic mass is 10.2. The fraction of sp³-hybridized carbons (Fsp3) is 0.450. The number of hydrogen-bond acceptors (Lipinski definition) is 9. The van der Waals surface area contributed by atoms with E-state index >= 15 is 0 Å². The van der Waals surface area contributed by atoms with E-state index in [1.54, 1.807) is 13.8 Å². The van der Waals surface area contributed by atoms with Crippen LogP contribution in [0.1, 0.15) is 32.6 Å². The second kappa shape index (κ2) is 12.0. The summed E-state index contributed by atoms with van der Waals surface area (Å²) in [5.41, 5.74) is 0.701. The fourth-order valence-corrected chi connectivity index (χ4v) is 4.93. The Labute approximate surface area is 191 Å². The molecule has 0 spiro atoms. The number of amides is 1. The Morgan fingerprint density at radius 3 is 2.22 bits per heavy atom. The van der Waals surface area contributed by atoms with Crippen molar-refractivity contribution in [3.05, 3.63) is 40.4 Å². The van der Waals surface area contributed by atoms with Crippen LogP contribution in [0, 0.1) is 6.92 Å². The highest BCUT2D eigenvalue weighted by atomic mass is 32.2. The van der Waals surface area contributed by atoms with Crippen LogP contribution in [-0.2, 0) is 24.2 Å². The first-order chi connectivity index (χ1) is 15.2. The predicted octanol–water partition coefficient (Wildman–Crippen LogP) is 2.16. The van der Waals surface area contributed by atoms with Crippen molar-refractivity contribution in [1.29, 1.82) is 0 Å². The molecule has 1 aromatic carbocycles. The van der Waals surface area contributed by atoms with Gasteiger partial charge in [-0.3, -0.25) is 10.1 Å². The van der Waals surface area contributed by atoms with Gasteiger partial charge in [0, 0.05) is 32.9 Å². The molecule has 1 N–H and O–H groups in total. The van der Waals surface area contributed by atoms with E-state index < -0.39 is 21.9 Å². The second-order valence-electron chi connectivity index (χ2n) is 6.52. The average Bonchev–Trinajstić information content (AvgIpc) is 3.13. The minimum absolute atomic E-state index is 0.0518. The quantitative estimate of drug-likeness (QED) is 0.454. The van der Waals surface area contributed by atoms with Gasteiger partial charge in [0.25, 0.3) is 5.91 Å². The summed E-state index contributed by atoms with van der Waals surface area (Å²) >= 11 is 1.01. The number of rotatable bonds is 12. The van der Waals surface area contributed by atoms with Crippen LogP contribution in [0.4, 0.5) is 5.13 Å². The van der Waals surface area contributed by atoms with E-state index in [1.165, 1.54) is 42.8 Å². The average molecular weight is 486 g/mol. The van der Waals surface area contributed by atoms with Crippen LogP contribution >= 0.6 is 11.3 Å². The number of esters is 1. The van der Waals surface area contributed by atoms with E-state index in [4.69, 9.17) is 14.2 Å². The molecule has 0 atom stereocenters. The number of aromatic nitrogens is 1. The molecule has 10 nitrogen and oxygen atoms in total. The Morgan fingerprint density at radius 1 is 1.09 bits per heavy atom. The first kappa shape index (κ1) is 25.9. The summed E-state index contributed by atoms with van der Waals surface area (Å²) in [6.07, 6.45) is 0. The number of methoxy groups -OCH3 is 2. The number of anilines is 1. The molecule has 1 aromatic heterocycles. The van der Waals surface area contributed by atoms with Crippen LogP contribution in [0.5, 0.6) is 0 Å². The lowest BCUT2D eigenvalue weighted by molar-refractivity contribution is 0.0531. The number of ether oxygens (including phenoxy) is 3. The molecular formula is C20H27N3O7S2. The van der Waals surface area contributed by atoms with Crippen LogP contribution in [0.25, 0.3) is 0 Å². The van der Waals surface area contributed by atoms with Gasteiger partial charge in [-0.05, 0) is 38.1 Å². The fourth-order valence-electron chi connectivity index (χ4n) is 2.67. The smallest absolute Gasteiger partial charge is 0.350 e. The molecule has 0 saturated heterocycles. The molecule has 0 fully saturated rings. The number of carbonyl (C=O) groups is 2. The largest absolute Gasteiger partial charge is 0.462 e. The Kier molecular flexibility index (Phi) is 9.72. The zero-order valence-corrected chi connectivity index (χ0v) is 20.0. The molecule has 0 radical (unpaired) electrons. The summed E-state index contributed by atoms with van der Waals surface area (Å²) in [6.45, 7) is 4.43. The predicted molar refractivity (Wildman–Crippen MR) is 120 cm³/mol. The van der Waals surface area contributed by atoms with Gasteiger partial charge in [-0.25, -0.2) is 18.2 Å². The molecule has 32 heavy (non-hydrogen) atoms. The van der Waals surface area contributed by atoms with Crippen molar-refractivity contribution in [3.63, 3.8) is 0 Å². The number of aryl methyl sites for hydroxylation is 1. The summed E-state index contributed by atoms with van der Waals surface area (Å²) in [6, 6.07) is 5.57. The molecule has 1 amide bonds. The van der Waals surface area contributed by atoms with Gasteiger partial charge in [0.1, 0.15) is 4.88 Å². The zero-order chi connectivity index (χ0) is 23.7. The van der Waals surface area contributed by atoms with Crippen molar-refractivity contribution < 1.29 is 32.2 Å². The molecule has 0 aliphatic rings. The summed E-state index contributed by atoms with van der Waals surface area (Å²) in [5.74, 6) is -0.974. The van der Waals surface area contributed by atoms with E-state index in [2.05, 4.69) is 10.3 Å². The van der Waals surface area contributed by atoms with Crippen LogP contribution in [0.2, 0.25) is 0 Å². The van der Waals surface area contributed by atoms with E-state index in [-0.39, 0.29) is 48.5 Å². The minimum Gasteiger partial charge on any atom is -0.462 e. The highest BCUT2D eigenvalue weighted by Crippen LogP contribution is 2.24. The SMILES string of the molecule is CCOC(=O)c1sc(NC(=O)c2ccc(S(=O)(=O)N(CCOC)CCOC)cc2)nc1C. The van der Waals surface area contributed by atoms with Gasteiger partial charge < -0.3 is 14.2 Å². The Balaban J connectivity index is 2.14. The standard InChI is InChI=1S/C20H27N3O7S2/c1-5-30-19(25)17-14(2)21-20(31-17)22-18(24)15-6-8-16(9-7-15)32(26,27)23(10-12-28-3)11-13-29-4/h6-9H,5,10-13H2,1-4H3,(H,21,22,24). The lowest BCUT2D eigenvalue weighted by Crippen LogP contribution is -2.36. The minimum atomic E-state index is -3.78. The van der Waals surface area contributed by atoms with E-state index in [1.807, 2.05) is 0 Å². The van der Waals surface area contributed by atoms with E-state index in [9.17, 15) is 18.0 Å². The van der Waals surface area contributed by atoms with Crippen LogP contribution in [0.3, 0.4) is 0 Å². The van der Waals surface area contributed by atoms with Crippen molar-refractivity contribution in [2.24, 2.45) is 0 Å². The molecule has 0 saturated carbocycles. The lowest BCUT2D eigenvalue weighted by Gasteiger charge is -2.21. The normalized spacial score (nSPS) is 11.5. The molecule has 176 valence electrons. The van der Waals surface area contributed by atoms with E-state index in [0.29, 0.717) is 10.6 Å². The Morgan fingerprint density at radius 2 is 1.69 bits per heavy atom. The first-order valence-electron chi connectivity index (χ1n) is 9.78. The van der Waals surface area contributed by atoms with Gasteiger partial charge in [0.05, 0.1) is 30.4 Å². The number of hydrogen-bond donors (Lipinski definition) is 1. The van der Waals surface area contributed by atoms with Crippen LogP contribution < -0.4 is 5.32 Å². The van der Waals surface area contributed by atoms with Crippen molar-refractivity contribution in [1.82, 2.24) is 9.29 Å². The molecule has 2 rings (SSSR count). The number of sulfonamides is 1. The van der Waals surface area contributed by atoms with Gasteiger partial charge in [-0.2, -0.15) is 4.31 Å². The molecule has 0 aliphatic heterocycles. The van der Waals surface area contributed by atoms with Crippen LogP contribution in [-0.4, -0.2) is 76.7 Å². The monoisotopic (exact) mass is 485 g/mol. The number of carbonyl (C=O) groups excluding carboxylic acids is 2. The van der Waals surface area contributed by atoms with Gasteiger partial charge in [0.15, 0.2) is 5.13 Å². The van der Waals surface area contributed by atoms with Crippen molar-refractivity contribution in [2.75, 3.05) is 52.4 Å². The zero-order valence-electron chi connectivity index (χ0n) is 18.4. The molecule has 12 heteroatoms. The number of nitrogens with one attached hydrogen (secondary N) is 1. The second-order valence-corrected chi connectivity index (χ2v) is 9.46. The third-order valence-electron chi connectivity index (χ3n) is 4.32. The van der Waals surface area contributed by atoms with Crippen molar-refractivity contribution >= 4 is 38.4 Å². The summed E-state index contributed by atoms with van der Waals surface area (Å²) < 4.78 is 42.1. The van der Waals surface area contributed by atoms with E-state index in [0.717, 1.165) is 11.3 Å². The third kappa shape index (κ3) is 6.56. The molecule has 0 bridgehead atoms. The number of benzene rings is 1. The van der Waals surface area contributed by atoms with Crippen LogP contribution in [0.15, 0.2) is 29.2 Å². The third-order valence-corrected chi connectivity index (χ3v) is 7.29. The van der Waals surface area contributed by atoms with Crippen molar-refractivity contribution in [2.45, 2.75) is 18.7 Å². The maximum Gasteiger partial charge on any atom is 0.350 e. The van der Waals surface area contributed by atoms with Gasteiger partial charge in [-0.15, -0.1) is 0 Å². The van der Waals surface area contributed by atoms with Crippen molar-refractivity contribution in [3.8, 4) is 0 Å². The topological polar surface area (TPSA) is 124 Å². The van der Waals surface area contributed by atoms with Gasteiger partial charge >= 0.3 is 5.97 Å². The number of thiazole rings is 1. The molecule has 1 heterocycles. The maximum absolute atomic E-state index is 12.9. The maximum atomic E-state index is 12.9. The molecular weight excluding hydrogens is 458 g/mol.